The SMILES string of the molecule is Cc1ccc(C2=CCC3=C4CC=c5ccc(C6CC6)cc5=C4CCC3=C2)cc1. The molecule has 1 fully saturated rings. The molecule has 0 saturated heterocycles. The molecule has 138 valence electrons. The van der Waals surface area contributed by atoms with Crippen LogP contribution in [0.5, 0.6) is 0 Å². The van der Waals surface area contributed by atoms with Crippen molar-refractivity contribution in [3.05, 3.63) is 98.5 Å². The highest BCUT2D eigenvalue weighted by Crippen LogP contribution is 2.43. The minimum Gasteiger partial charge on any atom is -0.0722 e. The smallest absolute Gasteiger partial charge is 0.00823 e. The third-order valence-electron chi connectivity index (χ3n) is 6.98. The van der Waals surface area contributed by atoms with Gasteiger partial charge in [0, 0.05) is 0 Å². The highest BCUT2D eigenvalue weighted by atomic mass is 14.3. The van der Waals surface area contributed by atoms with Crippen LogP contribution in [0.3, 0.4) is 0 Å². The van der Waals surface area contributed by atoms with Crippen LogP contribution < -0.4 is 10.4 Å². The molecule has 4 aliphatic carbocycles. The zero-order chi connectivity index (χ0) is 18.7. The first kappa shape index (κ1) is 16.4. The van der Waals surface area contributed by atoms with Crippen LogP contribution >= 0.6 is 0 Å². The van der Waals surface area contributed by atoms with Gasteiger partial charge in [-0.25, -0.2) is 0 Å². The molecule has 0 heteroatoms. The average Bonchev–Trinajstić information content (AvgIpc) is 3.58. The van der Waals surface area contributed by atoms with Crippen LogP contribution in [0.25, 0.3) is 17.2 Å². The Hall–Kier alpha value is -2.60. The third-order valence-corrected chi connectivity index (χ3v) is 6.98. The van der Waals surface area contributed by atoms with Gasteiger partial charge in [0.05, 0.1) is 0 Å². The van der Waals surface area contributed by atoms with Crippen LogP contribution in [-0.4, -0.2) is 0 Å². The number of benzene rings is 2. The molecule has 0 aliphatic heterocycles. The fourth-order valence-electron chi connectivity index (χ4n) is 5.20. The monoisotopic (exact) mass is 362 g/mol. The molecule has 0 heterocycles. The Labute approximate surface area is 167 Å². The predicted molar refractivity (Wildman–Crippen MR) is 118 cm³/mol. The second-order valence-electron chi connectivity index (χ2n) is 8.86. The minimum absolute atomic E-state index is 0.831. The molecule has 1 saturated carbocycles. The van der Waals surface area contributed by atoms with Crippen LogP contribution in [0, 0.1) is 6.92 Å². The van der Waals surface area contributed by atoms with Crippen molar-refractivity contribution in [2.75, 3.05) is 0 Å². The lowest BCUT2D eigenvalue weighted by molar-refractivity contribution is 0.907. The molecule has 0 spiro atoms. The molecule has 6 rings (SSSR count). The molecule has 0 bridgehead atoms. The molecule has 0 radical (unpaired) electrons. The van der Waals surface area contributed by atoms with Crippen molar-refractivity contribution in [3.8, 4) is 0 Å². The van der Waals surface area contributed by atoms with Gasteiger partial charge >= 0.3 is 0 Å². The molecular formula is C28H26. The van der Waals surface area contributed by atoms with Gasteiger partial charge in [-0.2, -0.15) is 0 Å². The fourth-order valence-corrected chi connectivity index (χ4v) is 5.20. The maximum absolute atomic E-state index is 2.52. The van der Waals surface area contributed by atoms with Crippen molar-refractivity contribution in [1.82, 2.24) is 0 Å². The van der Waals surface area contributed by atoms with Crippen LogP contribution in [0.4, 0.5) is 0 Å². The molecule has 0 N–H and O–H groups in total. The first-order valence-corrected chi connectivity index (χ1v) is 10.8. The van der Waals surface area contributed by atoms with Crippen molar-refractivity contribution in [3.63, 3.8) is 0 Å². The maximum atomic E-state index is 2.52. The Balaban J connectivity index is 1.44. The lowest BCUT2D eigenvalue weighted by Crippen LogP contribution is -2.32. The fraction of sp³-hybridized carbons (Fsp3) is 0.286. The van der Waals surface area contributed by atoms with E-state index in [4.69, 9.17) is 0 Å². The Morgan fingerprint density at radius 3 is 2.43 bits per heavy atom. The molecule has 2 aromatic carbocycles. The van der Waals surface area contributed by atoms with Gasteiger partial charge < -0.3 is 0 Å². The summed E-state index contributed by atoms with van der Waals surface area (Å²) >= 11 is 0. The Morgan fingerprint density at radius 1 is 0.786 bits per heavy atom. The van der Waals surface area contributed by atoms with Gasteiger partial charge in [0.1, 0.15) is 0 Å². The molecule has 0 amide bonds. The highest BCUT2D eigenvalue weighted by molar-refractivity contribution is 5.82. The molecule has 0 atom stereocenters. The van der Waals surface area contributed by atoms with E-state index >= 15 is 0 Å². The van der Waals surface area contributed by atoms with Crippen LogP contribution in [-0.2, 0) is 0 Å². The van der Waals surface area contributed by atoms with E-state index in [0.717, 1.165) is 18.8 Å². The van der Waals surface area contributed by atoms with Gasteiger partial charge in [-0.1, -0.05) is 66.3 Å². The maximum Gasteiger partial charge on any atom is -0.00823 e. The van der Waals surface area contributed by atoms with E-state index in [9.17, 15) is 0 Å². The summed E-state index contributed by atoms with van der Waals surface area (Å²) in [5.74, 6) is 0.831. The summed E-state index contributed by atoms with van der Waals surface area (Å²) in [5.41, 5.74) is 12.1. The van der Waals surface area contributed by atoms with E-state index < -0.39 is 0 Å². The Kier molecular flexibility index (Phi) is 3.63. The van der Waals surface area contributed by atoms with E-state index in [-0.39, 0.29) is 0 Å². The van der Waals surface area contributed by atoms with Gasteiger partial charge in [0.25, 0.3) is 0 Å². The van der Waals surface area contributed by atoms with Crippen molar-refractivity contribution in [1.29, 1.82) is 0 Å². The second kappa shape index (κ2) is 6.21. The van der Waals surface area contributed by atoms with E-state index in [2.05, 4.69) is 67.6 Å². The first-order chi connectivity index (χ1) is 13.8. The summed E-state index contributed by atoms with van der Waals surface area (Å²) in [4.78, 5) is 0. The second-order valence-corrected chi connectivity index (χ2v) is 8.86. The van der Waals surface area contributed by atoms with Crippen LogP contribution in [0.2, 0.25) is 0 Å². The number of fused-ring (bicyclic) bond motifs is 3. The summed E-state index contributed by atoms with van der Waals surface area (Å²) in [7, 11) is 0. The zero-order valence-corrected chi connectivity index (χ0v) is 16.6. The standard InChI is InChI=1S/C28H26/c1-18-2-4-19(5-3-18)22-11-13-25-24(16-22)12-15-27-26(25)14-10-21-8-9-23(17-28(21)27)20-6-7-20/h2-5,8-11,16-17,20H,6-7,12-15H2,1H3. The highest BCUT2D eigenvalue weighted by Gasteiger charge is 2.27. The van der Waals surface area contributed by atoms with Gasteiger partial charge in [-0.15, -0.1) is 0 Å². The number of rotatable bonds is 2. The molecule has 0 aromatic heterocycles. The molecule has 0 unspecified atom stereocenters. The summed E-state index contributed by atoms with van der Waals surface area (Å²) in [5, 5.41) is 2.99. The first-order valence-electron chi connectivity index (χ1n) is 10.8. The summed E-state index contributed by atoms with van der Waals surface area (Å²) in [6, 6.07) is 16.2. The average molecular weight is 363 g/mol. The molecule has 0 nitrogen and oxygen atoms in total. The molecule has 4 aliphatic rings. The lowest BCUT2D eigenvalue weighted by Gasteiger charge is -2.29. The van der Waals surface area contributed by atoms with Crippen LogP contribution in [0.15, 0.2) is 71.3 Å². The zero-order valence-electron chi connectivity index (χ0n) is 16.6. The van der Waals surface area contributed by atoms with E-state index in [1.54, 1.807) is 27.9 Å². The van der Waals surface area contributed by atoms with Crippen LogP contribution in [0.1, 0.15) is 61.1 Å². The van der Waals surface area contributed by atoms with Gasteiger partial charge in [-0.05, 0) is 101 Å². The lowest BCUT2D eigenvalue weighted by atomic mass is 9.75. The van der Waals surface area contributed by atoms with Crippen molar-refractivity contribution in [2.24, 2.45) is 0 Å². The molecule has 2 aromatic rings. The third kappa shape index (κ3) is 2.66. The molecular weight excluding hydrogens is 336 g/mol. The van der Waals surface area contributed by atoms with Crippen molar-refractivity contribution in [2.45, 2.75) is 51.4 Å². The van der Waals surface area contributed by atoms with Gasteiger partial charge in [-0.3, -0.25) is 0 Å². The number of allylic oxidation sites excluding steroid dienone is 6. The summed E-state index contributed by atoms with van der Waals surface area (Å²) in [6.07, 6.45) is 14.7. The normalized spacial score (nSPS) is 20.5. The largest absolute Gasteiger partial charge is 0.0722 e. The molecule has 28 heavy (non-hydrogen) atoms. The van der Waals surface area contributed by atoms with Gasteiger partial charge in [0.15, 0.2) is 0 Å². The number of hydrogen-bond acceptors (Lipinski definition) is 0. The van der Waals surface area contributed by atoms with Gasteiger partial charge in [0.2, 0.25) is 0 Å². The summed E-state index contributed by atoms with van der Waals surface area (Å²) in [6.45, 7) is 2.16. The Bertz CT molecular complexity index is 1190. The minimum atomic E-state index is 0.831. The van der Waals surface area contributed by atoms with E-state index in [0.29, 0.717) is 0 Å². The quantitative estimate of drug-likeness (QED) is 0.642. The number of aryl methyl sites for hydroxylation is 1. The van der Waals surface area contributed by atoms with E-state index in [1.807, 2.05) is 0 Å². The van der Waals surface area contributed by atoms with E-state index in [1.165, 1.54) is 52.8 Å². The Morgan fingerprint density at radius 2 is 1.61 bits per heavy atom. The topological polar surface area (TPSA) is 0 Å². The summed E-state index contributed by atoms with van der Waals surface area (Å²) < 4.78 is 0. The predicted octanol–water partition coefficient (Wildman–Crippen LogP) is 5.71. The van der Waals surface area contributed by atoms with Crippen molar-refractivity contribution >= 4 is 17.2 Å². The van der Waals surface area contributed by atoms with Crippen molar-refractivity contribution < 1.29 is 0 Å². The number of hydrogen-bond donors (Lipinski definition) is 0.